The molecule has 8 heteroatoms. The third kappa shape index (κ3) is 3.73. The van der Waals surface area contributed by atoms with Crippen LogP contribution in [0.2, 0.25) is 5.02 Å². The number of amides is 2. The summed E-state index contributed by atoms with van der Waals surface area (Å²) >= 11 is 6.20. The first-order valence-corrected chi connectivity index (χ1v) is 10.1. The van der Waals surface area contributed by atoms with Crippen LogP contribution in [-0.2, 0) is 21.0 Å². The van der Waals surface area contributed by atoms with Crippen LogP contribution in [0.3, 0.4) is 0 Å². The normalized spacial score (nSPS) is 17.1. The fourth-order valence-corrected chi connectivity index (χ4v) is 3.81. The topological polar surface area (TPSA) is 80.2 Å². The standard InChI is InChI=1S/C22H22ClN3O4/c1-14(27)24-17-7-4-15(5-8-17)13-26-20(18-12-16(23)6-9-19(18)29-2)25-30-22(21(26)28)10-3-11-22/h4-9,12H,3,10-11,13H2,1-2H3,(H,24,27). The second kappa shape index (κ2) is 7.99. The number of methoxy groups -OCH3 is 1. The molecule has 1 heterocycles. The van der Waals surface area contributed by atoms with Gasteiger partial charge in [0, 0.05) is 17.6 Å². The summed E-state index contributed by atoms with van der Waals surface area (Å²) < 4.78 is 5.46. The highest BCUT2D eigenvalue weighted by molar-refractivity contribution is 6.31. The van der Waals surface area contributed by atoms with Gasteiger partial charge in [0.05, 0.1) is 19.2 Å². The second-order valence-corrected chi connectivity index (χ2v) is 7.90. The molecule has 0 unspecified atom stereocenters. The highest BCUT2D eigenvalue weighted by Crippen LogP contribution is 2.41. The lowest BCUT2D eigenvalue weighted by Gasteiger charge is -2.44. The summed E-state index contributed by atoms with van der Waals surface area (Å²) in [6.07, 6.45) is 2.22. The van der Waals surface area contributed by atoms with Crippen molar-refractivity contribution in [3.8, 4) is 5.75 Å². The molecular formula is C22H22ClN3O4. The van der Waals surface area contributed by atoms with E-state index in [1.807, 2.05) is 12.1 Å². The average Bonchev–Trinajstić information content (AvgIpc) is 2.69. The number of benzene rings is 2. The molecule has 0 aromatic heterocycles. The number of rotatable bonds is 5. The molecule has 1 fully saturated rings. The first-order chi connectivity index (χ1) is 14.4. The molecule has 7 nitrogen and oxygen atoms in total. The summed E-state index contributed by atoms with van der Waals surface area (Å²) in [5.74, 6) is 0.653. The van der Waals surface area contributed by atoms with Crippen molar-refractivity contribution in [2.24, 2.45) is 5.16 Å². The number of amidine groups is 1. The van der Waals surface area contributed by atoms with Crippen LogP contribution in [0.25, 0.3) is 0 Å². The number of halogens is 1. The van der Waals surface area contributed by atoms with E-state index < -0.39 is 5.60 Å². The fourth-order valence-electron chi connectivity index (χ4n) is 3.64. The van der Waals surface area contributed by atoms with Gasteiger partial charge in [-0.15, -0.1) is 0 Å². The Kier molecular flexibility index (Phi) is 5.39. The minimum absolute atomic E-state index is 0.119. The molecular weight excluding hydrogens is 406 g/mol. The van der Waals surface area contributed by atoms with Crippen LogP contribution in [0.1, 0.15) is 37.3 Å². The van der Waals surface area contributed by atoms with Crippen molar-refractivity contribution >= 4 is 34.9 Å². The van der Waals surface area contributed by atoms with Crippen molar-refractivity contribution in [3.63, 3.8) is 0 Å². The third-order valence-corrected chi connectivity index (χ3v) is 5.61. The van der Waals surface area contributed by atoms with Crippen LogP contribution in [-0.4, -0.2) is 35.3 Å². The van der Waals surface area contributed by atoms with Gasteiger partial charge in [0.2, 0.25) is 11.5 Å². The molecule has 2 aliphatic rings. The predicted molar refractivity (Wildman–Crippen MR) is 114 cm³/mol. The highest BCUT2D eigenvalue weighted by atomic mass is 35.5. The quantitative estimate of drug-likeness (QED) is 0.783. The molecule has 1 aliphatic carbocycles. The SMILES string of the molecule is COc1ccc(Cl)cc1C1=NOC2(CCC2)C(=O)N1Cc1ccc(NC(C)=O)cc1. The van der Waals surface area contributed by atoms with Crippen LogP contribution < -0.4 is 10.1 Å². The Morgan fingerprint density at radius 1 is 1.27 bits per heavy atom. The Morgan fingerprint density at radius 2 is 2.00 bits per heavy atom. The Labute approximate surface area is 179 Å². The first kappa shape index (κ1) is 20.2. The number of hydrogen-bond donors (Lipinski definition) is 1. The zero-order chi connectivity index (χ0) is 21.3. The molecule has 1 aliphatic heterocycles. The van der Waals surface area contributed by atoms with Crippen LogP contribution in [0, 0.1) is 0 Å². The minimum atomic E-state index is -0.883. The molecule has 2 amide bonds. The van der Waals surface area contributed by atoms with Crippen LogP contribution >= 0.6 is 11.6 Å². The van der Waals surface area contributed by atoms with E-state index in [4.69, 9.17) is 21.2 Å². The summed E-state index contributed by atoms with van der Waals surface area (Å²) in [5, 5.41) is 7.58. The third-order valence-electron chi connectivity index (χ3n) is 5.38. The Hall–Kier alpha value is -3.06. The lowest BCUT2D eigenvalue weighted by Crippen LogP contribution is -2.58. The van der Waals surface area contributed by atoms with Gasteiger partial charge in [-0.2, -0.15) is 0 Å². The van der Waals surface area contributed by atoms with Gasteiger partial charge in [0.1, 0.15) is 5.75 Å². The number of hydrogen-bond acceptors (Lipinski definition) is 5. The number of carbonyl (C=O) groups excluding carboxylic acids is 2. The molecule has 0 saturated heterocycles. The average molecular weight is 428 g/mol. The number of ether oxygens (including phenoxy) is 1. The van der Waals surface area contributed by atoms with Crippen molar-refractivity contribution in [2.75, 3.05) is 12.4 Å². The summed E-state index contributed by atoms with van der Waals surface area (Å²) in [7, 11) is 1.55. The van der Waals surface area contributed by atoms with Gasteiger partial charge in [-0.05, 0) is 55.2 Å². The summed E-state index contributed by atoms with van der Waals surface area (Å²) in [6, 6.07) is 12.5. The molecule has 30 heavy (non-hydrogen) atoms. The van der Waals surface area contributed by atoms with Gasteiger partial charge < -0.3 is 14.9 Å². The van der Waals surface area contributed by atoms with E-state index in [-0.39, 0.29) is 11.8 Å². The lowest BCUT2D eigenvalue weighted by atomic mass is 9.78. The number of oxime groups is 1. The van der Waals surface area contributed by atoms with Crippen LogP contribution in [0.4, 0.5) is 5.69 Å². The minimum Gasteiger partial charge on any atom is -0.496 e. The second-order valence-electron chi connectivity index (χ2n) is 7.47. The van der Waals surface area contributed by atoms with Crippen molar-refractivity contribution in [3.05, 3.63) is 58.6 Å². The molecule has 156 valence electrons. The molecule has 2 aromatic rings. The summed E-state index contributed by atoms with van der Waals surface area (Å²) in [6.45, 7) is 1.76. The Balaban J connectivity index is 1.69. The zero-order valence-corrected chi connectivity index (χ0v) is 17.5. The number of anilines is 1. The van der Waals surface area contributed by atoms with E-state index in [0.717, 1.165) is 12.0 Å². The van der Waals surface area contributed by atoms with Crippen molar-refractivity contribution in [1.82, 2.24) is 4.90 Å². The molecule has 0 radical (unpaired) electrons. The van der Waals surface area contributed by atoms with Crippen LogP contribution in [0.5, 0.6) is 5.75 Å². The van der Waals surface area contributed by atoms with Gasteiger partial charge in [-0.1, -0.05) is 28.9 Å². The monoisotopic (exact) mass is 427 g/mol. The highest BCUT2D eigenvalue weighted by Gasteiger charge is 2.53. The Morgan fingerprint density at radius 3 is 2.60 bits per heavy atom. The number of nitrogens with one attached hydrogen (secondary N) is 1. The molecule has 1 spiro atoms. The fraction of sp³-hybridized carbons (Fsp3) is 0.318. The summed E-state index contributed by atoms with van der Waals surface area (Å²) in [4.78, 5) is 32.0. The van der Waals surface area contributed by atoms with Gasteiger partial charge in [-0.3, -0.25) is 14.5 Å². The molecule has 1 saturated carbocycles. The van der Waals surface area contributed by atoms with Crippen molar-refractivity contribution in [2.45, 2.75) is 38.3 Å². The molecule has 4 rings (SSSR count). The first-order valence-electron chi connectivity index (χ1n) is 9.70. The van der Waals surface area contributed by atoms with Crippen LogP contribution in [0.15, 0.2) is 47.6 Å². The van der Waals surface area contributed by atoms with Crippen molar-refractivity contribution < 1.29 is 19.2 Å². The maximum Gasteiger partial charge on any atom is 0.275 e. The number of carbonyl (C=O) groups is 2. The van der Waals surface area contributed by atoms with E-state index in [1.165, 1.54) is 6.92 Å². The lowest BCUT2D eigenvalue weighted by molar-refractivity contribution is -0.173. The molecule has 1 N–H and O–H groups in total. The number of nitrogens with zero attached hydrogens (tertiary/aromatic N) is 2. The van der Waals surface area contributed by atoms with E-state index in [0.29, 0.717) is 47.2 Å². The molecule has 0 atom stereocenters. The zero-order valence-electron chi connectivity index (χ0n) is 16.8. The smallest absolute Gasteiger partial charge is 0.275 e. The largest absolute Gasteiger partial charge is 0.496 e. The summed E-state index contributed by atoms with van der Waals surface area (Å²) in [5.41, 5.74) is 1.29. The maximum absolute atomic E-state index is 13.4. The Bertz CT molecular complexity index is 1020. The van der Waals surface area contributed by atoms with E-state index in [9.17, 15) is 9.59 Å². The van der Waals surface area contributed by atoms with Gasteiger partial charge >= 0.3 is 0 Å². The van der Waals surface area contributed by atoms with E-state index in [2.05, 4.69) is 10.5 Å². The molecule has 0 bridgehead atoms. The van der Waals surface area contributed by atoms with E-state index >= 15 is 0 Å². The van der Waals surface area contributed by atoms with Gasteiger partial charge in [-0.25, -0.2) is 0 Å². The van der Waals surface area contributed by atoms with Crippen molar-refractivity contribution in [1.29, 1.82) is 0 Å². The van der Waals surface area contributed by atoms with E-state index in [1.54, 1.807) is 42.3 Å². The van der Waals surface area contributed by atoms with Gasteiger partial charge in [0.15, 0.2) is 5.84 Å². The molecule has 2 aromatic carbocycles. The predicted octanol–water partition coefficient (Wildman–Crippen LogP) is 3.95. The maximum atomic E-state index is 13.4. The van der Waals surface area contributed by atoms with Gasteiger partial charge in [0.25, 0.3) is 5.91 Å².